The quantitative estimate of drug-likeness (QED) is 0.593. The number of hydrogen-bond donors (Lipinski definition) is 3. The van der Waals surface area contributed by atoms with Crippen molar-refractivity contribution >= 4 is 22.9 Å². The predicted octanol–water partition coefficient (Wildman–Crippen LogP) is 2.92. The van der Waals surface area contributed by atoms with Gasteiger partial charge in [0.05, 0.1) is 11.6 Å². The molecule has 19 heavy (non-hydrogen) atoms. The summed E-state index contributed by atoms with van der Waals surface area (Å²) in [7, 11) is 0. The molecule has 4 N–H and O–H groups in total. The first-order chi connectivity index (χ1) is 9.11. The molecule has 2 rings (SSSR count). The van der Waals surface area contributed by atoms with Crippen molar-refractivity contribution in [3.8, 4) is 5.75 Å². The van der Waals surface area contributed by atoms with Gasteiger partial charge in [-0.05, 0) is 36.1 Å². The van der Waals surface area contributed by atoms with Crippen molar-refractivity contribution in [3.63, 3.8) is 0 Å². The van der Waals surface area contributed by atoms with Gasteiger partial charge in [0.15, 0.2) is 0 Å². The van der Waals surface area contributed by atoms with Crippen molar-refractivity contribution in [2.24, 2.45) is 0 Å². The molecule has 0 aliphatic heterocycles. The second-order valence-corrected chi connectivity index (χ2v) is 5.20. The molecular formula is C14H16N2O2S. The van der Waals surface area contributed by atoms with Crippen molar-refractivity contribution in [1.82, 2.24) is 5.32 Å². The van der Waals surface area contributed by atoms with Crippen LogP contribution in [-0.2, 0) is 0 Å². The Morgan fingerprint density at radius 1 is 1.47 bits per heavy atom. The molecule has 0 aliphatic carbocycles. The summed E-state index contributed by atoms with van der Waals surface area (Å²) in [5.41, 5.74) is 6.42. The highest BCUT2D eigenvalue weighted by atomic mass is 32.1. The molecule has 0 bridgehead atoms. The second kappa shape index (κ2) is 5.75. The third-order valence-corrected chi connectivity index (χ3v) is 3.87. The zero-order valence-electron chi connectivity index (χ0n) is 10.6. The van der Waals surface area contributed by atoms with E-state index in [0.717, 1.165) is 11.3 Å². The third kappa shape index (κ3) is 3.06. The summed E-state index contributed by atoms with van der Waals surface area (Å²) in [6, 6.07) is 8.28. The first-order valence-electron chi connectivity index (χ1n) is 6.04. The number of nitrogens with two attached hydrogens (primary N) is 1. The lowest BCUT2D eigenvalue weighted by atomic mass is 10.1. The number of aromatic hydroxyl groups is 1. The molecule has 0 saturated heterocycles. The van der Waals surface area contributed by atoms with Crippen LogP contribution in [0.3, 0.4) is 0 Å². The normalized spacial score (nSPS) is 12.1. The van der Waals surface area contributed by atoms with E-state index in [1.165, 1.54) is 18.2 Å². The van der Waals surface area contributed by atoms with Crippen LogP contribution >= 0.6 is 11.3 Å². The van der Waals surface area contributed by atoms with Gasteiger partial charge in [0.1, 0.15) is 5.75 Å². The Balaban J connectivity index is 2.18. The monoisotopic (exact) mass is 276 g/mol. The number of thiophene rings is 1. The van der Waals surface area contributed by atoms with Gasteiger partial charge in [0.25, 0.3) is 5.91 Å². The Hall–Kier alpha value is -2.01. The SMILES string of the molecule is CCC(NC(=O)c1cc(O)ccc1N)c1cccs1. The van der Waals surface area contributed by atoms with E-state index < -0.39 is 0 Å². The van der Waals surface area contributed by atoms with Crippen LogP contribution in [0, 0.1) is 0 Å². The smallest absolute Gasteiger partial charge is 0.254 e. The number of phenolic OH excluding ortho intramolecular Hbond substituents is 1. The lowest BCUT2D eigenvalue weighted by Crippen LogP contribution is -2.28. The number of benzene rings is 1. The Bertz CT molecular complexity index is 567. The number of carbonyl (C=O) groups excluding carboxylic acids is 1. The molecule has 0 aliphatic rings. The first kappa shape index (κ1) is 13.4. The topological polar surface area (TPSA) is 75.3 Å². The van der Waals surface area contributed by atoms with Gasteiger partial charge in [-0.25, -0.2) is 0 Å². The molecule has 4 nitrogen and oxygen atoms in total. The van der Waals surface area contributed by atoms with Gasteiger partial charge >= 0.3 is 0 Å². The summed E-state index contributed by atoms with van der Waals surface area (Å²) in [5, 5.41) is 14.3. The number of nitrogens with one attached hydrogen (secondary N) is 1. The molecule has 0 saturated carbocycles. The maximum Gasteiger partial charge on any atom is 0.254 e. The summed E-state index contributed by atoms with van der Waals surface area (Å²) in [4.78, 5) is 13.3. The first-order valence-corrected chi connectivity index (χ1v) is 6.92. The van der Waals surface area contributed by atoms with Crippen LogP contribution in [0.15, 0.2) is 35.7 Å². The van der Waals surface area contributed by atoms with Crippen molar-refractivity contribution in [2.75, 3.05) is 5.73 Å². The molecule has 1 atom stereocenters. The summed E-state index contributed by atoms with van der Waals surface area (Å²) >= 11 is 1.60. The fourth-order valence-electron chi connectivity index (χ4n) is 1.84. The molecule has 0 fully saturated rings. The van der Waals surface area contributed by atoms with Gasteiger partial charge in [0.2, 0.25) is 0 Å². The summed E-state index contributed by atoms with van der Waals surface area (Å²) in [6.07, 6.45) is 0.797. The maximum atomic E-state index is 12.2. The van der Waals surface area contributed by atoms with E-state index in [2.05, 4.69) is 5.32 Å². The Morgan fingerprint density at radius 3 is 2.89 bits per heavy atom. The largest absolute Gasteiger partial charge is 0.508 e. The molecule has 100 valence electrons. The van der Waals surface area contributed by atoms with E-state index >= 15 is 0 Å². The van der Waals surface area contributed by atoms with Crippen LogP contribution in [0.2, 0.25) is 0 Å². The number of hydrogen-bond acceptors (Lipinski definition) is 4. The van der Waals surface area contributed by atoms with E-state index in [0.29, 0.717) is 11.3 Å². The van der Waals surface area contributed by atoms with Gasteiger partial charge in [-0.2, -0.15) is 0 Å². The molecule has 1 aromatic heterocycles. The van der Waals surface area contributed by atoms with E-state index in [9.17, 15) is 9.90 Å². The standard InChI is InChI=1S/C14H16N2O2S/c1-2-12(13-4-3-7-19-13)16-14(18)10-8-9(17)5-6-11(10)15/h3-8,12,17H,2,15H2,1H3,(H,16,18). The zero-order valence-corrected chi connectivity index (χ0v) is 11.4. The van der Waals surface area contributed by atoms with Crippen LogP contribution < -0.4 is 11.1 Å². The van der Waals surface area contributed by atoms with Crippen molar-refractivity contribution in [3.05, 3.63) is 46.2 Å². The molecule has 1 aromatic carbocycles. The average Bonchev–Trinajstić information content (AvgIpc) is 2.92. The van der Waals surface area contributed by atoms with E-state index in [1.54, 1.807) is 11.3 Å². The summed E-state index contributed by atoms with van der Waals surface area (Å²) in [6.45, 7) is 2.01. The van der Waals surface area contributed by atoms with E-state index in [4.69, 9.17) is 5.73 Å². The fraction of sp³-hybridized carbons (Fsp3) is 0.214. The van der Waals surface area contributed by atoms with Gasteiger partial charge in [0, 0.05) is 10.6 Å². The van der Waals surface area contributed by atoms with Crippen LogP contribution in [0.5, 0.6) is 5.75 Å². The predicted molar refractivity (Wildman–Crippen MR) is 77.3 cm³/mol. The highest BCUT2D eigenvalue weighted by molar-refractivity contribution is 7.10. The zero-order chi connectivity index (χ0) is 13.8. The minimum absolute atomic E-state index is 0.0310. The number of phenols is 1. The van der Waals surface area contributed by atoms with Gasteiger partial charge in [-0.3, -0.25) is 4.79 Å². The Morgan fingerprint density at radius 2 is 2.26 bits per heavy atom. The molecule has 2 aromatic rings. The number of carbonyl (C=O) groups is 1. The highest BCUT2D eigenvalue weighted by Gasteiger charge is 2.17. The van der Waals surface area contributed by atoms with E-state index in [-0.39, 0.29) is 17.7 Å². The Kier molecular flexibility index (Phi) is 4.06. The number of rotatable bonds is 4. The lowest BCUT2D eigenvalue weighted by molar-refractivity contribution is 0.0937. The lowest BCUT2D eigenvalue weighted by Gasteiger charge is -2.16. The van der Waals surface area contributed by atoms with Crippen molar-refractivity contribution in [1.29, 1.82) is 0 Å². The molecule has 0 spiro atoms. The van der Waals surface area contributed by atoms with Gasteiger partial charge < -0.3 is 16.2 Å². The highest BCUT2D eigenvalue weighted by Crippen LogP contribution is 2.24. The van der Waals surface area contributed by atoms with Crippen LogP contribution in [0.25, 0.3) is 0 Å². The molecular weight excluding hydrogens is 260 g/mol. The van der Waals surface area contributed by atoms with E-state index in [1.807, 2.05) is 24.4 Å². The Labute approximate surface area is 115 Å². The maximum absolute atomic E-state index is 12.2. The fourth-order valence-corrected chi connectivity index (χ4v) is 2.70. The molecule has 1 amide bonds. The van der Waals surface area contributed by atoms with Crippen LogP contribution in [0.1, 0.15) is 34.6 Å². The van der Waals surface area contributed by atoms with Crippen LogP contribution in [-0.4, -0.2) is 11.0 Å². The molecule has 5 heteroatoms. The van der Waals surface area contributed by atoms with Gasteiger partial charge in [-0.1, -0.05) is 13.0 Å². The molecule has 1 unspecified atom stereocenters. The summed E-state index contributed by atoms with van der Waals surface area (Å²) < 4.78 is 0. The number of anilines is 1. The van der Waals surface area contributed by atoms with Crippen LogP contribution in [0.4, 0.5) is 5.69 Å². The number of amides is 1. The minimum atomic E-state index is -0.270. The average molecular weight is 276 g/mol. The third-order valence-electron chi connectivity index (χ3n) is 2.88. The molecule has 1 heterocycles. The molecule has 0 radical (unpaired) electrons. The minimum Gasteiger partial charge on any atom is -0.508 e. The number of nitrogen functional groups attached to an aromatic ring is 1. The summed E-state index contributed by atoms with van der Waals surface area (Å²) in [5.74, 6) is -0.239. The second-order valence-electron chi connectivity index (χ2n) is 4.22. The van der Waals surface area contributed by atoms with Crippen molar-refractivity contribution in [2.45, 2.75) is 19.4 Å². The van der Waals surface area contributed by atoms with Crippen molar-refractivity contribution < 1.29 is 9.90 Å². The van der Waals surface area contributed by atoms with Gasteiger partial charge in [-0.15, -0.1) is 11.3 Å².